The van der Waals surface area contributed by atoms with E-state index in [2.05, 4.69) is 66.0 Å². The van der Waals surface area contributed by atoms with Crippen molar-refractivity contribution in [2.45, 2.75) is 6.04 Å². The average molecular weight is 223 g/mol. The van der Waals surface area contributed by atoms with E-state index in [1.165, 1.54) is 11.1 Å². The van der Waals surface area contributed by atoms with Gasteiger partial charge >= 0.3 is 0 Å². The minimum absolute atomic E-state index is 0.261. The van der Waals surface area contributed by atoms with Crippen molar-refractivity contribution >= 4 is 6.08 Å². The molecule has 0 saturated carbocycles. The van der Waals surface area contributed by atoms with Crippen LogP contribution in [0.3, 0.4) is 0 Å². The first-order valence-corrected chi connectivity index (χ1v) is 5.85. The van der Waals surface area contributed by atoms with E-state index in [0.717, 1.165) is 0 Å². The maximum atomic E-state index is 3.30. The molecule has 1 nitrogen and oxygen atoms in total. The third kappa shape index (κ3) is 3.30. The summed E-state index contributed by atoms with van der Waals surface area (Å²) in [6, 6.07) is 21.0. The fourth-order valence-corrected chi connectivity index (χ4v) is 1.81. The van der Waals surface area contributed by atoms with Crippen molar-refractivity contribution in [2.24, 2.45) is 0 Å². The summed E-state index contributed by atoms with van der Waals surface area (Å²) in [5.41, 5.74) is 2.51. The quantitative estimate of drug-likeness (QED) is 0.834. The van der Waals surface area contributed by atoms with Crippen LogP contribution in [0.1, 0.15) is 17.2 Å². The molecule has 2 aromatic rings. The van der Waals surface area contributed by atoms with Gasteiger partial charge < -0.3 is 5.32 Å². The molecule has 1 heteroatoms. The maximum Gasteiger partial charge on any atom is 0.0507 e. The van der Waals surface area contributed by atoms with Gasteiger partial charge in [0, 0.05) is 0 Å². The van der Waals surface area contributed by atoms with E-state index in [4.69, 9.17) is 0 Å². The number of hydrogen-bond donors (Lipinski definition) is 1. The van der Waals surface area contributed by atoms with Crippen LogP contribution < -0.4 is 5.32 Å². The first-order valence-electron chi connectivity index (χ1n) is 5.85. The molecule has 0 amide bonds. The fraction of sp³-hybridized carbons (Fsp3) is 0.125. The number of nitrogens with one attached hydrogen (secondary N) is 1. The van der Waals surface area contributed by atoms with Crippen LogP contribution >= 0.6 is 0 Å². The molecule has 0 aliphatic heterocycles. The molecule has 0 aromatic heterocycles. The second-order valence-electron chi connectivity index (χ2n) is 3.95. The Hall–Kier alpha value is -1.86. The van der Waals surface area contributed by atoms with Crippen molar-refractivity contribution in [1.29, 1.82) is 0 Å². The lowest BCUT2D eigenvalue weighted by Crippen LogP contribution is -2.13. The van der Waals surface area contributed by atoms with Gasteiger partial charge in [-0.2, -0.15) is 0 Å². The molecule has 2 aromatic carbocycles. The minimum atomic E-state index is 0.261. The lowest BCUT2D eigenvalue weighted by atomic mass is 10.1. The van der Waals surface area contributed by atoms with Crippen LogP contribution in [0.15, 0.2) is 66.7 Å². The maximum absolute atomic E-state index is 3.30. The Labute approximate surface area is 103 Å². The van der Waals surface area contributed by atoms with Gasteiger partial charge in [-0.15, -0.1) is 0 Å². The molecule has 0 saturated heterocycles. The molecule has 0 radical (unpaired) electrons. The van der Waals surface area contributed by atoms with Crippen LogP contribution in [-0.4, -0.2) is 7.05 Å². The van der Waals surface area contributed by atoms with Crippen molar-refractivity contribution in [1.82, 2.24) is 5.32 Å². The van der Waals surface area contributed by atoms with Crippen LogP contribution in [0.4, 0.5) is 0 Å². The van der Waals surface area contributed by atoms with Crippen LogP contribution in [-0.2, 0) is 0 Å². The Morgan fingerprint density at radius 2 is 1.47 bits per heavy atom. The molecule has 0 aliphatic rings. The second kappa shape index (κ2) is 6.02. The van der Waals surface area contributed by atoms with Gasteiger partial charge in [0.15, 0.2) is 0 Å². The molecule has 1 unspecified atom stereocenters. The van der Waals surface area contributed by atoms with E-state index in [1.54, 1.807) is 0 Å². The van der Waals surface area contributed by atoms with Gasteiger partial charge in [0.2, 0.25) is 0 Å². The summed E-state index contributed by atoms with van der Waals surface area (Å²) in [5.74, 6) is 0. The highest BCUT2D eigenvalue weighted by atomic mass is 14.9. The van der Waals surface area contributed by atoms with Crippen LogP contribution in [0.25, 0.3) is 6.08 Å². The van der Waals surface area contributed by atoms with Crippen molar-refractivity contribution in [3.05, 3.63) is 77.9 Å². The van der Waals surface area contributed by atoms with E-state index >= 15 is 0 Å². The van der Waals surface area contributed by atoms with Crippen LogP contribution in [0.2, 0.25) is 0 Å². The summed E-state index contributed by atoms with van der Waals surface area (Å²) < 4.78 is 0. The Morgan fingerprint density at radius 1 is 0.882 bits per heavy atom. The van der Waals surface area contributed by atoms with E-state index < -0.39 is 0 Å². The van der Waals surface area contributed by atoms with Crippen LogP contribution in [0.5, 0.6) is 0 Å². The van der Waals surface area contributed by atoms with Crippen LogP contribution in [0, 0.1) is 0 Å². The Bertz CT molecular complexity index is 459. The Balaban J connectivity index is 2.14. The van der Waals surface area contributed by atoms with Gasteiger partial charge in [-0.05, 0) is 18.2 Å². The summed E-state index contributed by atoms with van der Waals surface area (Å²) in [6.45, 7) is 0. The van der Waals surface area contributed by atoms with Crippen molar-refractivity contribution in [3.63, 3.8) is 0 Å². The summed E-state index contributed by atoms with van der Waals surface area (Å²) in [4.78, 5) is 0. The zero-order valence-electron chi connectivity index (χ0n) is 10.0. The molecule has 0 fully saturated rings. The number of rotatable bonds is 4. The third-order valence-electron chi connectivity index (χ3n) is 2.75. The standard InChI is InChI=1S/C16H17N/c1-17-16(15-10-6-3-7-11-15)13-12-14-8-4-2-5-9-14/h2-13,16-17H,1H3/b13-12+. The zero-order valence-corrected chi connectivity index (χ0v) is 10.0. The van der Waals surface area contributed by atoms with E-state index in [0.29, 0.717) is 0 Å². The first kappa shape index (κ1) is 11.6. The second-order valence-corrected chi connectivity index (χ2v) is 3.95. The molecule has 0 spiro atoms. The average Bonchev–Trinajstić information content (AvgIpc) is 2.42. The summed E-state index contributed by atoms with van der Waals surface area (Å²) in [6.07, 6.45) is 4.33. The highest BCUT2D eigenvalue weighted by Crippen LogP contribution is 2.15. The normalized spacial score (nSPS) is 12.8. The fourth-order valence-electron chi connectivity index (χ4n) is 1.81. The van der Waals surface area contributed by atoms with Gasteiger partial charge in [0.1, 0.15) is 0 Å². The number of likely N-dealkylation sites (N-methyl/N-ethyl adjacent to an activating group) is 1. The van der Waals surface area contributed by atoms with E-state index in [9.17, 15) is 0 Å². The van der Waals surface area contributed by atoms with Crippen molar-refractivity contribution < 1.29 is 0 Å². The van der Waals surface area contributed by atoms with Gasteiger partial charge in [0.25, 0.3) is 0 Å². The molecule has 1 atom stereocenters. The largest absolute Gasteiger partial charge is 0.310 e. The van der Waals surface area contributed by atoms with Crippen molar-refractivity contribution in [3.8, 4) is 0 Å². The molecule has 86 valence electrons. The van der Waals surface area contributed by atoms with E-state index in [1.807, 2.05) is 19.2 Å². The highest BCUT2D eigenvalue weighted by Gasteiger charge is 2.02. The smallest absolute Gasteiger partial charge is 0.0507 e. The predicted molar refractivity (Wildman–Crippen MR) is 73.7 cm³/mol. The highest BCUT2D eigenvalue weighted by molar-refractivity contribution is 5.50. The number of benzene rings is 2. The summed E-state index contributed by atoms with van der Waals surface area (Å²) >= 11 is 0. The Kier molecular flexibility index (Phi) is 4.11. The SMILES string of the molecule is CNC(/C=C/c1ccccc1)c1ccccc1. The van der Waals surface area contributed by atoms with Gasteiger partial charge in [-0.1, -0.05) is 72.8 Å². The zero-order chi connectivity index (χ0) is 11.9. The monoisotopic (exact) mass is 223 g/mol. The molecule has 1 N–H and O–H groups in total. The van der Waals surface area contributed by atoms with Gasteiger partial charge in [-0.25, -0.2) is 0 Å². The minimum Gasteiger partial charge on any atom is -0.310 e. The van der Waals surface area contributed by atoms with Crippen molar-refractivity contribution in [2.75, 3.05) is 7.05 Å². The number of hydrogen-bond acceptors (Lipinski definition) is 1. The lowest BCUT2D eigenvalue weighted by molar-refractivity contribution is 0.717. The van der Waals surface area contributed by atoms with Gasteiger partial charge in [0.05, 0.1) is 6.04 Å². The molecule has 0 heterocycles. The summed E-state index contributed by atoms with van der Waals surface area (Å²) in [7, 11) is 1.98. The molecule has 17 heavy (non-hydrogen) atoms. The first-order chi connectivity index (χ1) is 8.40. The summed E-state index contributed by atoms with van der Waals surface area (Å²) in [5, 5.41) is 3.30. The molecule has 2 rings (SSSR count). The third-order valence-corrected chi connectivity index (χ3v) is 2.75. The molecule has 0 bridgehead atoms. The van der Waals surface area contributed by atoms with E-state index in [-0.39, 0.29) is 6.04 Å². The van der Waals surface area contributed by atoms with Gasteiger partial charge in [-0.3, -0.25) is 0 Å². The lowest BCUT2D eigenvalue weighted by Gasteiger charge is -2.11. The Morgan fingerprint density at radius 3 is 2.06 bits per heavy atom. The topological polar surface area (TPSA) is 12.0 Å². The molecular weight excluding hydrogens is 206 g/mol. The molecule has 0 aliphatic carbocycles. The predicted octanol–water partition coefficient (Wildman–Crippen LogP) is 3.66. The molecular formula is C16H17N.